The summed E-state index contributed by atoms with van der Waals surface area (Å²) in [4.78, 5) is 22.4. The third-order valence-corrected chi connectivity index (χ3v) is 5.04. The fourth-order valence-corrected chi connectivity index (χ4v) is 3.56. The summed E-state index contributed by atoms with van der Waals surface area (Å²) in [5.74, 6) is -1.29. The predicted molar refractivity (Wildman–Crippen MR) is 119 cm³/mol. The third kappa shape index (κ3) is 6.25. The Kier molecular flexibility index (Phi) is 8.51. The van der Waals surface area contributed by atoms with Crippen molar-refractivity contribution in [3.63, 3.8) is 0 Å². The Morgan fingerprint density at radius 1 is 1.19 bits per heavy atom. The summed E-state index contributed by atoms with van der Waals surface area (Å²) in [6.07, 6.45) is 1.93. The number of aliphatic carboxylic acids is 1. The van der Waals surface area contributed by atoms with Gasteiger partial charge in [0.2, 0.25) is 0 Å². The lowest BCUT2D eigenvalue weighted by molar-refractivity contribution is -0.140. The molecule has 2 N–H and O–H groups in total. The number of carbonyl (C=O) groups is 2. The smallest absolute Gasteiger partial charge is 0.310 e. The van der Waals surface area contributed by atoms with Crippen LogP contribution in [0.4, 0.5) is 4.39 Å². The second-order valence-corrected chi connectivity index (χ2v) is 7.70. The van der Waals surface area contributed by atoms with E-state index in [2.05, 4.69) is 19.9 Å². The third-order valence-electron chi connectivity index (χ3n) is 5.04. The van der Waals surface area contributed by atoms with Crippen LogP contribution in [-0.4, -0.2) is 35.2 Å². The van der Waals surface area contributed by atoms with E-state index in [4.69, 9.17) is 9.84 Å². The van der Waals surface area contributed by atoms with Crippen LogP contribution >= 0.6 is 0 Å². The number of rotatable bonds is 10. The lowest BCUT2D eigenvalue weighted by Crippen LogP contribution is -2.14. The average molecular weight is 429 g/mol. The molecule has 0 fully saturated rings. The Morgan fingerprint density at radius 2 is 1.84 bits per heavy atom. The first-order chi connectivity index (χ1) is 14.7. The van der Waals surface area contributed by atoms with Crippen molar-refractivity contribution in [2.75, 3.05) is 7.11 Å². The van der Waals surface area contributed by atoms with E-state index in [9.17, 15) is 19.1 Å². The molecular formula is C25H29FO5. The second-order valence-electron chi connectivity index (χ2n) is 7.70. The minimum atomic E-state index is -1.22. The van der Waals surface area contributed by atoms with Gasteiger partial charge in [0.15, 0.2) is 0 Å². The Labute approximate surface area is 182 Å². The zero-order chi connectivity index (χ0) is 23.1. The summed E-state index contributed by atoms with van der Waals surface area (Å²) >= 11 is 0. The SMILES string of the molecule is CCc1cc(C(C)C)c(C=CC(O)CC(=O)CC(=O)O)c(-c2ccc(F)cc2)c1OC. The molecule has 0 heterocycles. The van der Waals surface area contributed by atoms with Crippen LogP contribution in [-0.2, 0) is 16.0 Å². The molecule has 0 saturated heterocycles. The van der Waals surface area contributed by atoms with Crippen molar-refractivity contribution in [1.29, 1.82) is 0 Å². The second kappa shape index (κ2) is 10.9. The van der Waals surface area contributed by atoms with Gasteiger partial charge in [-0.05, 0) is 46.7 Å². The molecular weight excluding hydrogens is 399 g/mol. The maximum Gasteiger partial charge on any atom is 0.310 e. The molecule has 6 heteroatoms. The predicted octanol–water partition coefficient (Wildman–Crippen LogP) is 5.00. The Hall–Kier alpha value is -2.99. The summed E-state index contributed by atoms with van der Waals surface area (Å²) in [5, 5.41) is 19.0. The van der Waals surface area contributed by atoms with Gasteiger partial charge >= 0.3 is 5.97 Å². The number of aliphatic hydroxyl groups is 1. The molecule has 0 aliphatic heterocycles. The van der Waals surface area contributed by atoms with E-state index in [0.717, 1.165) is 34.2 Å². The Morgan fingerprint density at radius 3 is 2.35 bits per heavy atom. The number of aryl methyl sites for hydroxylation is 1. The monoisotopic (exact) mass is 428 g/mol. The molecule has 5 nitrogen and oxygen atoms in total. The lowest BCUT2D eigenvalue weighted by Gasteiger charge is -2.22. The van der Waals surface area contributed by atoms with E-state index in [1.54, 1.807) is 25.3 Å². The van der Waals surface area contributed by atoms with E-state index < -0.39 is 24.3 Å². The van der Waals surface area contributed by atoms with E-state index >= 15 is 0 Å². The maximum absolute atomic E-state index is 13.6. The van der Waals surface area contributed by atoms with Crippen LogP contribution in [0.25, 0.3) is 17.2 Å². The van der Waals surface area contributed by atoms with E-state index in [1.807, 2.05) is 6.92 Å². The molecule has 0 radical (unpaired) electrons. The van der Waals surface area contributed by atoms with Gasteiger partial charge in [-0.3, -0.25) is 9.59 Å². The van der Waals surface area contributed by atoms with Crippen LogP contribution in [0, 0.1) is 5.82 Å². The molecule has 2 aromatic carbocycles. The first kappa shape index (κ1) is 24.3. The fourth-order valence-electron chi connectivity index (χ4n) is 3.56. The minimum Gasteiger partial charge on any atom is -0.496 e. The number of hydrogen-bond donors (Lipinski definition) is 2. The van der Waals surface area contributed by atoms with Crippen molar-refractivity contribution in [3.8, 4) is 16.9 Å². The normalized spacial score (nSPS) is 12.4. The van der Waals surface area contributed by atoms with Crippen molar-refractivity contribution >= 4 is 17.8 Å². The number of carbonyl (C=O) groups excluding carboxylic acids is 1. The van der Waals surface area contributed by atoms with Crippen LogP contribution in [0.1, 0.15) is 56.2 Å². The van der Waals surface area contributed by atoms with Crippen molar-refractivity contribution in [3.05, 3.63) is 58.9 Å². The first-order valence-corrected chi connectivity index (χ1v) is 10.3. The van der Waals surface area contributed by atoms with Gasteiger partial charge in [-0.1, -0.05) is 51.1 Å². The number of carboxylic acids is 1. The summed E-state index contributed by atoms with van der Waals surface area (Å²) in [5.41, 5.74) is 4.40. The molecule has 2 aromatic rings. The van der Waals surface area contributed by atoms with Gasteiger partial charge in [-0.15, -0.1) is 0 Å². The zero-order valence-corrected chi connectivity index (χ0v) is 18.3. The van der Waals surface area contributed by atoms with Crippen molar-refractivity contribution in [2.45, 2.75) is 52.1 Å². The molecule has 0 aliphatic carbocycles. The van der Waals surface area contributed by atoms with Gasteiger partial charge in [0.25, 0.3) is 0 Å². The number of aliphatic hydroxyl groups excluding tert-OH is 1. The van der Waals surface area contributed by atoms with E-state index in [-0.39, 0.29) is 18.2 Å². The highest BCUT2D eigenvalue weighted by Crippen LogP contribution is 2.41. The highest BCUT2D eigenvalue weighted by atomic mass is 19.1. The summed E-state index contributed by atoms with van der Waals surface area (Å²) in [7, 11) is 1.59. The van der Waals surface area contributed by atoms with Crippen LogP contribution in [0.15, 0.2) is 36.4 Å². The molecule has 0 aliphatic rings. The lowest BCUT2D eigenvalue weighted by atomic mass is 9.86. The van der Waals surface area contributed by atoms with Gasteiger partial charge in [-0.2, -0.15) is 0 Å². The summed E-state index contributed by atoms with van der Waals surface area (Å²) < 4.78 is 19.3. The van der Waals surface area contributed by atoms with Gasteiger partial charge in [0.1, 0.15) is 23.8 Å². The van der Waals surface area contributed by atoms with Gasteiger partial charge in [0, 0.05) is 12.0 Å². The van der Waals surface area contributed by atoms with Gasteiger partial charge in [-0.25, -0.2) is 4.39 Å². The van der Waals surface area contributed by atoms with Crippen LogP contribution in [0.5, 0.6) is 5.75 Å². The first-order valence-electron chi connectivity index (χ1n) is 10.3. The van der Waals surface area contributed by atoms with Crippen LogP contribution < -0.4 is 4.74 Å². The molecule has 31 heavy (non-hydrogen) atoms. The minimum absolute atomic E-state index is 0.154. The average Bonchev–Trinajstić information content (AvgIpc) is 2.70. The number of benzene rings is 2. The molecule has 1 unspecified atom stereocenters. The number of halogens is 1. The summed E-state index contributed by atoms with van der Waals surface area (Å²) in [6, 6.07) is 8.20. The standard InChI is InChI=1S/C25H29FO5/c1-5-16-12-22(15(2)3)21(11-10-19(27)13-20(28)14-23(29)30)24(25(16)31-4)17-6-8-18(26)9-7-17/h6-12,15,19,27H,5,13-14H2,1-4H3,(H,29,30). The van der Waals surface area contributed by atoms with E-state index in [0.29, 0.717) is 5.75 Å². The molecule has 0 amide bonds. The van der Waals surface area contributed by atoms with Crippen molar-refractivity contribution < 1.29 is 28.9 Å². The Balaban J connectivity index is 2.61. The number of carboxylic acid groups (broad SMARTS) is 1. The molecule has 0 saturated carbocycles. The molecule has 0 aromatic heterocycles. The van der Waals surface area contributed by atoms with Crippen molar-refractivity contribution in [2.24, 2.45) is 0 Å². The number of ether oxygens (including phenoxy) is 1. The molecule has 1 atom stereocenters. The summed E-state index contributed by atoms with van der Waals surface area (Å²) in [6.45, 7) is 6.14. The maximum atomic E-state index is 13.6. The molecule has 166 valence electrons. The van der Waals surface area contributed by atoms with Crippen molar-refractivity contribution in [1.82, 2.24) is 0 Å². The van der Waals surface area contributed by atoms with Crippen LogP contribution in [0.3, 0.4) is 0 Å². The topological polar surface area (TPSA) is 83.8 Å². The van der Waals surface area contributed by atoms with E-state index in [1.165, 1.54) is 18.2 Å². The van der Waals surface area contributed by atoms with Gasteiger partial charge in [0.05, 0.1) is 13.2 Å². The fraction of sp³-hybridized carbons (Fsp3) is 0.360. The molecule has 0 bridgehead atoms. The number of Topliss-reactive ketones (excluding diaryl/α,β-unsaturated/α-hetero) is 1. The quantitative estimate of drug-likeness (QED) is 0.521. The number of methoxy groups -OCH3 is 1. The highest BCUT2D eigenvalue weighted by molar-refractivity contribution is 5.95. The Bertz CT molecular complexity index is 961. The largest absolute Gasteiger partial charge is 0.496 e. The zero-order valence-electron chi connectivity index (χ0n) is 18.3. The highest BCUT2D eigenvalue weighted by Gasteiger charge is 2.20. The number of hydrogen-bond acceptors (Lipinski definition) is 4. The van der Waals surface area contributed by atoms with Crippen LogP contribution in [0.2, 0.25) is 0 Å². The van der Waals surface area contributed by atoms with Gasteiger partial charge < -0.3 is 14.9 Å². The number of ketones is 1. The molecule has 0 spiro atoms. The molecule has 2 rings (SSSR count).